The largest absolute Gasteiger partial charge is 0.491 e. The molecule has 1 aromatic carbocycles. The fraction of sp³-hybridized carbons (Fsp3) is 0.333. The highest BCUT2D eigenvalue weighted by Gasteiger charge is 2.33. The molecule has 0 saturated heterocycles. The molecule has 0 radical (unpaired) electrons. The number of rotatable bonds is 7. The first-order chi connectivity index (χ1) is 12.5. The summed E-state index contributed by atoms with van der Waals surface area (Å²) in [5.74, 6) is 0.364. The van der Waals surface area contributed by atoms with E-state index in [1.165, 1.54) is 18.2 Å². The van der Waals surface area contributed by atoms with E-state index in [4.69, 9.17) is 4.74 Å². The SMILES string of the molecule is CCNC(=NCc1ccccn1)NCCOc1ccccc1C(F)(F)F. The molecule has 26 heavy (non-hydrogen) atoms. The zero-order valence-electron chi connectivity index (χ0n) is 14.4. The van der Waals surface area contributed by atoms with Crippen molar-refractivity contribution < 1.29 is 17.9 Å². The van der Waals surface area contributed by atoms with Gasteiger partial charge in [-0.1, -0.05) is 18.2 Å². The lowest BCUT2D eigenvalue weighted by atomic mass is 10.2. The van der Waals surface area contributed by atoms with Crippen LogP contribution in [0.25, 0.3) is 0 Å². The summed E-state index contributed by atoms with van der Waals surface area (Å²) in [5, 5.41) is 6.09. The van der Waals surface area contributed by atoms with E-state index in [0.29, 0.717) is 25.6 Å². The number of halogens is 3. The normalized spacial score (nSPS) is 11.9. The van der Waals surface area contributed by atoms with E-state index in [0.717, 1.165) is 11.8 Å². The van der Waals surface area contributed by atoms with Crippen molar-refractivity contribution in [3.63, 3.8) is 0 Å². The number of para-hydroxylation sites is 1. The second-order valence-electron chi connectivity index (χ2n) is 5.29. The van der Waals surface area contributed by atoms with Crippen molar-refractivity contribution in [2.24, 2.45) is 4.99 Å². The lowest BCUT2D eigenvalue weighted by Crippen LogP contribution is -2.39. The Kier molecular flexibility index (Phi) is 7.25. The zero-order valence-corrected chi connectivity index (χ0v) is 14.4. The second-order valence-corrected chi connectivity index (χ2v) is 5.29. The van der Waals surface area contributed by atoms with Crippen molar-refractivity contribution in [3.05, 3.63) is 59.9 Å². The highest BCUT2D eigenvalue weighted by atomic mass is 19.4. The molecule has 0 saturated carbocycles. The molecule has 140 valence electrons. The summed E-state index contributed by atoms with van der Waals surface area (Å²) in [5.41, 5.74) is 0.0378. The first-order valence-electron chi connectivity index (χ1n) is 8.22. The predicted molar refractivity (Wildman–Crippen MR) is 94.0 cm³/mol. The molecule has 0 unspecified atom stereocenters. The van der Waals surface area contributed by atoms with Gasteiger partial charge in [0.2, 0.25) is 0 Å². The average molecular weight is 366 g/mol. The summed E-state index contributed by atoms with van der Waals surface area (Å²) >= 11 is 0. The van der Waals surface area contributed by atoms with Gasteiger partial charge in [-0.05, 0) is 31.2 Å². The molecule has 0 fully saturated rings. The molecule has 1 heterocycles. The van der Waals surface area contributed by atoms with Gasteiger partial charge in [0.05, 0.1) is 24.3 Å². The maximum atomic E-state index is 12.9. The highest BCUT2D eigenvalue weighted by Crippen LogP contribution is 2.35. The number of aliphatic imine (C=N–C) groups is 1. The predicted octanol–water partition coefficient (Wildman–Crippen LogP) is 3.23. The monoisotopic (exact) mass is 366 g/mol. The van der Waals surface area contributed by atoms with E-state index < -0.39 is 11.7 Å². The van der Waals surface area contributed by atoms with Crippen LogP contribution >= 0.6 is 0 Å². The van der Waals surface area contributed by atoms with Crippen LogP contribution in [0.3, 0.4) is 0 Å². The Balaban J connectivity index is 1.87. The molecule has 0 aliphatic carbocycles. The van der Waals surface area contributed by atoms with Gasteiger partial charge in [-0.15, -0.1) is 0 Å². The summed E-state index contributed by atoms with van der Waals surface area (Å²) in [4.78, 5) is 8.57. The van der Waals surface area contributed by atoms with Crippen LogP contribution in [-0.2, 0) is 12.7 Å². The van der Waals surface area contributed by atoms with Crippen LogP contribution in [-0.4, -0.2) is 30.6 Å². The fourth-order valence-electron chi connectivity index (χ4n) is 2.15. The molecule has 2 aromatic rings. The minimum absolute atomic E-state index is 0.0705. The Morgan fingerprint density at radius 1 is 1.12 bits per heavy atom. The van der Waals surface area contributed by atoms with Gasteiger partial charge in [0.25, 0.3) is 0 Å². The molecule has 0 amide bonds. The minimum Gasteiger partial charge on any atom is -0.491 e. The molecular formula is C18H21F3N4O. The van der Waals surface area contributed by atoms with E-state index in [-0.39, 0.29) is 12.4 Å². The van der Waals surface area contributed by atoms with Crippen molar-refractivity contribution in [1.82, 2.24) is 15.6 Å². The summed E-state index contributed by atoms with van der Waals surface area (Å²) in [6.45, 7) is 3.36. The van der Waals surface area contributed by atoms with Crippen LogP contribution in [0.15, 0.2) is 53.7 Å². The van der Waals surface area contributed by atoms with Gasteiger partial charge in [-0.2, -0.15) is 13.2 Å². The van der Waals surface area contributed by atoms with Crippen molar-refractivity contribution in [2.75, 3.05) is 19.7 Å². The quantitative estimate of drug-likeness (QED) is 0.449. The molecule has 2 rings (SSSR count). The summed E-state index contributed by atoms with van der Waals surface area (Å²) < 4.78 is 44.0. The fourth-order valence-corrected chi connectivity index (χ4v) is 2.15. The zero-order chi connectivity index (χ0) is 18.8. The number of alkyl halides is 3. The van der Waals surface area contributed by atoms with Gasteiger partial charge in [-0.3, -0.25) is 4.98 Å². The van der Waals surface area contributed by atoms with Gasteiger partial charge in [0.15, 0.2) is 5.96 Å². The van der Waals surface area contributed by atoms with Gasteiger partial charge >= 0.3 is 6.18 Å². The van der Waals surface area contributed by atoms with Gasteiger partial charge in [0.1, 0.15) is 12.4 Å². The van der Waals surface area contributed by atoms with Crippen molar-refractivity contribution in [2.45, 2.75) is 19.6 Å². The van der Waals surface area contributed by atoms with E-state index in [9.17, 15) is 13.2 Å². The lowest BCUT2D eigenvalue weighted by Gasteiger charge is -2.15. The molecule has 0 spiro atoms. The number of ether oxygens (including phenoxy) is 1. The first kappa shape index (κ1) is 19.6. The van der Waals surface area contributed by atoms with E-state index >= 15 is 0 Å². The molecular weight excluding hydrogens is 345 g/mol. The van der Waals surface area contributed by atoms with Crippen molar-refractivity contribution in [3.8, 4) is 5.75 Å². The summed E-state index contributed by atoms with van der Waals surface area (Å²) in [6, 6.07) is 10.7. The Morgan fingerprint density at radius 2 is 1.88 bits per heavy atom. The Bertz CT molecular complexity index is 705. The second kappa shape index (κ2) is 9.65. The minimum atomic E-state index is -4.44. The number of nitrogens with zero attached hydrogens (tertiary/aromatic N) is 2. The van der Waals surface area contributed by atoms with Gasteiger partial charge < -0.3 is 15.4 Å². The molecule has 0 aliphatic heterocycles. The van der Waals surface area contributed by atoms with E-state index in [2.05, 4.69) is 20.6 Å². The molecule has 1 aromatic heterocycles. The topological polar surface area (TPSA) is 58.5 Å². The number of hydrogen-bond acceptors (Lipinski definition) is 3. The Hall–Kier alpha value is -2.77. The van der Waals surface area contributed by atoms with Gasteiger partial charge in [-0.25, -0.2) is 4.99 Å². The molecule has 0 bridgehead atoms. The molecule has 0 aliphatic rings. The van der Waals surface area contributed by atoms with E-state index in [1.807, 2.05) is 25.1 Å². The van der Waals surface area contributed by atoms with Crippen LogP contribution < -0.4 is 15.4 Å². The maximum Gasteiger partial charge on any atom is 0.419 e. The standard InChI is InChI=1S/C18H21F3N4O/c1-2-22-17(25-13-14-7-5-6-10-23-14)24-11-12-26-16-9-4-3-8-15(16)18(19,20)21/h3-10H,2,11-13H2,1H3,(H2,22,24,25). The number of nitrogens with one attached hydrogen (secondary N) is 2. The molecule has 5 nitrogen and oxygen atoms in total. The van der Waals surface area contributed by atoms with Crippen LogP contribution in [0.1, 0.15) is 18.2 Å². The molecule has 0 atom stereocenters. The molecule has 2 N–H and O–H groups in total. The highest BCUT2D eigenvalue weighted by molar-refractivity contribution is 5.79. The Labute approximate surface area is 150 Å². The van der Waals surface area contributed by atoms with Crippen LogP contribution in [0.5, 0.6) is 5.75 Å². The third kappa shape index (κ3) is 6.27. The summed E-state index contributed by atoms with van der Waals surface area (Å²) in [7, 11) is 0. The summed E-state index contributed by atoms with van der Waals surface area (Å²) in [6.07, 6.45) is -2.75. The first-order valence-corrected chi connectivity index (χ1v) is 8.22. The van der Waals surface area contributed by atoms with Gasteiger partial charge in [0, 0.05) is 12.7 Å². The molecule has 8 heteroatoms. The number of hydrogen-bond donors (Lipinski definition) is 2. The van der Waals surface area contributed by atoms with E-state index in [1.54, 1.807) is 6.20 Å². The smallest absolute Gasteiger partial charge is 0.419 e. The van der Waals surface area contributed by atoms with Crippen molar-refractivity contribution >= 4 is 5.96 Å². The van der Waals surface area contributed by atoms with Crippen LogP contribution in [0.2, 0.25) is 0 Å². The van der Waals surface area contributed by atoms with Crippen LogP contribution in [0.4, 0.5) is 13.2 Å². The third-order valence-electron chi connectivity index (χ3n) is 3.31. The Morgan fingerprint density at radius 3 is 2.58 bits per heavy atom. The third-order valence-corrected chi connectivity index (χ3v) is 3.31. The average Bonchev–Trinajstić information content (AvgIpc) is 2.63. The maximum absolute atomic E-state index is 12.9. The lowest BCUT2D eigenvalue weighted by molar-refractivity contribution is -0.138. The van der Waals surface area contributed by atoms with Crippen molar-refractivity contribution in [1.29, 1.82) is 0 Å². The number of benzene rings is 1. The number of aromatic nitrogens is 1. The number of guanidine groups is 1. The van der Waals surface area contributed by atoms with Crippen LogP contribution in [0, 0.1) is 0 Å². The number of pyridine rings is 1.